The van der Waals surface area contributed by atoms with Crippen molar-refractivity contribution in [1.82, 2.24) is 25.1 Å². The molecule has 3 atom stereocenters. The van der Waals surface area contributed by atoms with Crippen LogP contribution in [-0.2, 0) is 20.6 Å². The summed E-state index contributed by atoms with van der Waals surface area (Å²) in [5, 5.41) is 9.31. The Hall–Kier alpha value is -6.46. The summed E-state index contributed by atoms with van der Waals surface area (Å²) in [5.41, 5.74) is 7.03. The summed E-state index contributed by atoms with van der Waals surface area (Å²) in [6, 6.07) is 10.3. The Morgan fingerprint density at radius 2 is 1.71 bits per heavy atom. The molecule has 328 valence electrons. The zero-order valence-electron chi connectivity index (χ0n) is 34.7. The first-order valence-corrected chi connectivity index (χ1v) is 20.7. The number of unbranched alkanes of at least 4 members (excludes halogenated alkanes) is 4. The molecule has 1 aromatic heterocycles. The van der Waals surface area contributed by atoms with E-state index < -0.39 is 47.5 Å². The van der Waals surface area contributed by atoms with Crippen LogP contribution in [-0.4, -0.2) is 88.2 Å². The van der Waals surface area contributed by atoms with Crippen LogP contribution in [0, 0.1) is 6.92 Å². The highest BCUT2D eigenvalue weighted by Crippen LogP contribution is 2.38. The van der Waals surface area contributed by atoms with Crippen LogP contribution in [0.25, 0.3) is 10.9 Å². The summed E-state index contributed by atoms with van der Waals surface area (Å²) in [6.45, 7) is 5.04. The number of alkyl halides is 3. The third-order valence-electron chi connectivity index (χ3n) is 11.4. The van der Waals surface area contributed by atoms with Gasteiger partial charge in [0.05, 0.1) is 41.9 Å². The highest BCUT2D eigenvalue weighted by molar-refractivity contribution is 6.23. The number of anilines is 3. The molecular formula is C44H49F3N8O7. The minimum Gasteiger partial charge on any atom is -0.493 e. The molecule has 18 heteroatoms. The monoisotopic (exact) mass is 858 g/mol. The molecule has 3 aliphatic heterocycles. The molecule has 4 heterocycles. The van der Waals surface area contributed by atoms with Crippen LogP contribution >= 0.6 is 0 Å². The molecule has 5 N–H and O–H groups in total. The number of amides is 5. The number of carbonyl (C=O) groups is 5. The quantitative estimate of drug-likeness (QED) is 0.0539. The molecule has 0 saturated carbocycles. The number of nitrogens with two attached hydrogens (primary N) is 1. The lowest BCUT2D eigenvalue weighted by molar-refractivity contribution is -0.138. The van der Waals surface area contributed by atoms with Gasteiger partial charge in [0.1, 0.15) is 23.8 Å². The molecular weight excluding hydrogens is 810 g/mol. The van der Waals surface area contributed by atoms with E-state index in [2.05, 4.69) is 25.9 Å². The molecule has 3 aliphatic rings. The number of likely N-dealkylation sites (tertiary alicyclic amines) is 1. The number of aromatic nitrogens is 2. The average molecular weight is 859 g/mol. The van der Waals surface area contributed by atoms with Crippen LogP contribution in [0.1, 0.15) is 108 Å². The maximum absolute atomic E-state index is 13.5. The molecule has 62 heavy (non-hydrogen) atoms. The van der Waals surface area contributed by atoms with Crippen LogP contribution in [0.5, 0.6) is 11.5 Å². The van der Waals surface area contributed by atoms with E-state index >= 15 is 0 Å². The van der Waals surface area contributed by atoms with Crippen molar-refractivity contribution in [3.8, 4) is 11.5 Å². The number of nitrogens with one attached hydrogen (secondary N) is 3. The zero-order valence-corrected chi connectivity index (χ0v) is 34.7. The Kier molecular flexibility index (Phi) is 12.8. The number of halogens is 3. The van der Waals surface area contributed by atoms with E-state index in [1.165, 1.54) is 13.2 Å². The minimum absolute atomic E-state index is 0.00199. The van der Waals surface area contributed by atoms with Crippen LogP contribution in [0.4, 0.5) is 30.4 Å². The van der Waals surface area contributed by atoms with Crippen molar-refractivity contribution >= 4 is 57.6 Å². The van der Waals surface area contributed by atoms with Gasteiger partial charge in [0.25, 0.3) is 11.8 Å². The second-order valence-electron chi connectivity index (χ2n) is 15.9. The van der Waals surface area contributed by atoms with Crippen molar-refractivity contribution in [3.63, 3.8) is 0 Å². The number of hydrogen-bond acceptors (Lipinski definition) is 12. The first kappa shape index (κ1) is 43.6. The third-order valence-corrected chi connectivity index (χ3v) is 11.4. The maximum atomic E-state index is 13.5. The number of ether oxygens (including phenoxy) is 2. The number of piperidine rings is 1. The fraction of sp³-hybridized carbons (Fsp3) is 0.432. The molecule has 2 fully saturated rings. The standard InChI is InChI=1S/C44H49F3N8O7/c1-24(26-17-27(44(45,46)47)19-28(48)18-26)50-40-33-21-37(36(61-3)22-34(33)51-25(2)52-40)62-30-14-16-54(23-30)39(57)9-7-5-4-6-8-15-49-29-10-11-31-32(20-29)43(60)55(42(31)59)35-12-13-38(56)53-41(35)58/h10-11,17-22,24,30,35,49H,4-9,12-16,23,48H2,1-3H3,(H,50,51,52)(H,53,56,58)/t24-,30+,35?/m1/s1. The molecule has 0 radical (unpaired) electrons. The van der Waals surface area contributed by atoms with Crippen molar-refractivity contribution in [2.24, 2.45) is 0 Å². The van der Waals surface area contributed by atoms with Gasteiger partial charge in [-0.15, -0.1) is 0 Å². The summed E-state index contributed by atoms with van der Waals surface area (Å²) >= 11 is 0. The lowest BCUT2D eigenvalue weighted by Gasteiger charge is -2.27. The fourth-order valence-electron chi connectivity index (χ4n) is 8.13. The number of fused-ring (bicyclic) bond motifs is 2. The van der Waals surface area contributed by atoms with Gasteiger partial charge in [-0.05, 0) is 81.1 Å². The minimum atomic E-state index is -4.55. The van der Waals surface area contributed by atoms with Crippen LogP contribution in [0.2, 0.25) is 0 Å². The fourth-order valence-corrected chi connectivity index (χ4v) is 8.13. The van der Waals surface area contributed by atoms with Gasteiger partial charge in [-0.3, -0.25) is 34.2 Å². The van der Waals surface area contributed by atoms with Gasteiger partial charge >= 0.3 is 6.18 Å². The van der Waals surface area contributed by atoms with Crippen molar-refractivity contribution in [1.29, 1.82) is 0 Å². The number of nitrogen functional groups attached to an aromatic ring is 1. The van der Waals surface area contributed by atoms with Gasteiger partial charge in [-0.25, -0.2) is 9.97 Å². The number of hydrogen-bond donors (Lipinski definition) is 4. The van der Waals surface area contributed by atoms with E-state index in [-0.39, 0.29) is 41.7 Å². The number of rotatable bonds is 16. The summed E-state index contributed by atoms with van der Waals surface area (Å²) in [6.07, 6.45) is 0.722. The van der Waals surface area contributed by atoms with Crippen LogP contribution < -0.4 is 31.2 Å². The van der Waals surface area contributed by atoms with Crippen molar-refractivity contribution in [3.05, 3.63) is 76.6 Å². The lowest BCUT2D eigenvalue weighted by Crippen LogP contribution is -2.54. The molecule has 1 unspecified atom stereocenters. The van der Waals surface area contributed by atoms with Gasteiger partial charge in [0.15, 0.2) is 11.5 Å². The molecule has 5 amide bonds. The van der Waals surface area contributed by atoms with Crippen LogP contribution in [0.15, 0.2) is 48.5 Å². The smallest absolute Gasteiger partial charge is 0.416 e. The Bertz CT molecular complexity index is 2410. The van der Waals surface area contributed by atoms with E-state index in [1.807, 2.05) is 4.90 Å². The first-order valence-electron chi connectivity index (χ1n) is 20.7. The number of nitrogens with zero attached hydrogens (tertiary/aromatic N) is 4. The maximum Gasteiger partial charge on any atom is 0.416 e. The highest BCUT2D eigenvalue weighted by atomic mass is 19.4. The Morgan fingerprint density at radius 3 is 2.47 bits per heavy atom. The van der Waals surface area contributed by atoms with Gasteiger partial charge < -0.3 is 30.7 Å². The number of aryl methyl sites for hydroxylation is 1. The average Bonchev–Trinajstić information content (AvgIpc) is 3.79. The summed E-state index contributed by atoms with van der Waals surface area (Å²) in [7, 11) is 1.52. The summed E-state index contributed by atoms with van der Waals surface area (Å²) in [4.78, 5) is 74.9. The van der Waals surface area contributed by atoms with E-state index in [9.17, 15) is 37.1 Å². The second-order valence-corrected chi connectivity index (χ2v) is 15.9. The van der Waals surface area contributed by atoms with Gasteiger partial charge in [-0.1, -0.05) is 19.3 Å². The molecule has 0 aliphatic carbocycles. The van der Waals surface area contributed by atoms with Crippen molar-refractivity contribution in [2.75, 3.05) is 43.1 Å². The van der Waals surface area contributed by atoms with E-state index in [1.54, 1.807) is 44.2 Å². The normalized spacial score (nSPS) is 18.2. The van der Waals surface area contributed by atoms with Gasteiger partial charge in [0.2, 0.25) is 17.7 Å². The topological polar surface area (TPSA) is 198 Å². The van der Waals surface area contributed by atoms with E-state index in [4.69, 9.17) is 15.2 Å². The highest BCUT2D eigenvalue weighted by Gasteiger charge is 2.44. The van der Waals surface area contributed by atoms with Crippen LogP contribution in [0.3, 0.4) is 0 Å². The van der Waals surface area contributed by atoms with E-state index in [0.717, 1.165) is 49.1 Å². The Morgan fingerprint density at radius 1 is 0.952 bits per heavy atom. The second kappa shape index (κ2) is 18.3. The Labute approximate surface area is 355 Å². The predicted octanol–water partition coefficient (Wildman–Crippen LogP) is 6.55. The number of imide groups is 2. The molecule has 4 aromatic rings. The predicted molar refractivity (Wildman–Crippen MR) is 224 cm³/mol. The van der Waals surface area contributed by atoms with E-state index in [0.29, 0.717) is 77.8 Å². The molecule has 0 spiro atoms. The van der Waals surface area contributed by atoms with Gasteiger partial charge in [0, 0.05) is 55.2 Å². The largest absolute Gasteiger partial charge is 0.493 e. The molecule has 0 bridgehead atoms. The number of benzene rings is 3. The molecule has 15 nitrogen and oxygen atoms in total. The molecule has 2 saturated heterocycles. The molecule has 7 rings (SSSR count). The van der Waals surface area contributed by atoms with Crippen molar-refractivity contribution in [2.45, 2.75) is 96.0 Å². The summed E-state index contributed by atoms with van der Waals surface area (Å²) in [5.74, 6) is -0.378. The van der Waals surface area contributed by atoms with Gasteiger partial charge in [-0.2, -0.15) is 13.2 Å². The zero-order chi connectivity index (χ0) is 44.3. The Balaban J connectivity index is 0.854. The molecule has 3 aromatic carbocycles. The third kappa shape index (κ3) is 9.68. The van der Waals surface area contributed by atoms with Crippen molar-refractivity contribution < 1.29 is 46.6 Å². The first-order chi connectivity index (χ1) is 29.6. The SMILES string of the molecule is COc1cc2nc(C)nc(N[C@H](C)c3cc(N)cc(C(F)(F)F)c3)c2cc1O[C@H]1CCN(C(=O)CCCCCCCNc2ccc3c(c2)C(=O)N(C2CCC(=O)NC2=O)C3=O)C1. The number of methoxy groups -OCH3 is 1. The summed E-state index contributed by atoms with van der Waals surface area (Å²) < 4.78 is 52.6. The lowest BCUT2D eigenvalue weighted by atomic mass is 10.0. The number of carbonyl (C=O) groups excluding carboxylic acids is 5.